The topological polar surface area (TPSA) is 108 Å². The average Bonchev–Trinajstić information content (AvgIpc) is 2.95. The third kappa shape index (κ3) is 29.9. The molecule has 0 aromatic carbocycles. The normalized spacial score (nSPS) is 15.0. The number of unbranched alkanes of at least 4 members (excludes halogenated alkanes) is 19. The minimum absolute atomic E-state index is 0.00135. The third-order valence-electron chi connectivity index (χ3n) is 8.00. The molecule has 9 heteroatoms. The maximum atomic E-state index is 12.7. The Hall–Kier alpha value is -0.760. The molecular weight excluding hydrogens is 575 g/mol. The molecule has 0 aromatic rings. The van der Waals surface area contributed by atoms with E-state index in [1.807, 2.05) is 27.2 Å². The Labute approximate surface area is 272 Å². The minimum Gasteiger partial charge on any atom is -0.756 e. The number of phosphoric acid groups is 1. The van der Waals surface area contributed by atoms with Crippen molar-refractivity contribution in [3.8, 4) is 0 Å². The third-order valence-corrected chi connectivity index (χ3v) is 8.96. The predicted octanol–water partition coefficient (Wildman–Crippen LogP) is 8.22. The van der Waals surface area contributed by atoms with Crippen LogP contribution in [-0.4, -0.2) is 68.5 Å². The Morgan fingerprint density at radius 2 is 1.23 bits per heavy atom. The van der Waals surface area contributed by atoms with E-state index in [1.54, 1.807) is 6.08 Å². The van der Waals surface area contributed by atoms with Crippen LogP contribution in [0.15, 0.2) is 12.2 Å². The van der Waals surface area contributed by atoms with Gasteiger partial charge in [-0.05, 0) is 19.3 Å². The number of carbonyl (C=O) groups is 1. The van der Waals surface area contributed by atoms with Crippen molar-refractivity contribution in [1.29, 1.82) is 0 Å². The number of quaternary nitrogens is 1. The largest absolute Gasteiger partial charge is 0.756 e. The highest BCUT2D eigenvalue weighted by Gasteiger charge is 2.23. The van der Waals surface area contributed by atoms with E-state index in [-0.39, 0.29) is 19.1 Å². The molecule has 0 saturated heterocycles. The quantitative estimate of drug-likeness (QED) is 0.0330. The molecule has 0 heterocycles. The van der Waals surface area contributed by atoms with Gasteiger partial charge in [-0.25, -0.2) is 0 Å². The van der Waals surface area contributed by atoms with Gasteiger partial charge < -0.3 is 28.8 Å². The molecule has 0 rings (SSSR count). The number of hydrogen-bond acceptors (Lipinski definition) is 6. The second kappa shape index (κ2) is 28.5. The van der Waals surface area contributed by atoms with Gasteiger partial charge in [-0.2, -0.15) is 0 Å². The van der Waals surface area contributed by atoms with Crippen molar-refractivity contribution in [1.82, 2.24) is 5.32 Å². The van der Waals surface area contributed by atoms with Crippen molar-refractivity contribution >= 4 is 13.7 Å². The fourth-order valence-corrected chi connectivity index (χ4v) is 5.76. The van der Waals surface area contributed by atoms with Gasteiger partial charge in [-0.1, -0.05) is 142 Å². The van der Waals surface area contributed by atoms with Gasteiger partial charge >= 0.3 is 0 Å². The number of phosphoric ester groups is 1. The molecule has 0 aromatic heterocycles. The van der Waals surface area contributed by atoms with Gasteiger partial charge in [-0.3, -0.25) is 9.36 Å². The molecule has 1 unspecified atom stereocenters. The van der Waals surface area contributed by atoms with Gasteiger partial charge in [0.15, 0.2) is 0 Å². The SMILES string of the molecule is CCCCCCCCCCCC/C=C/[C@@H](O)[C@H](COP(=O)([O-])OCC[N+](C)(C)C)NC(=O)CCCCCCCCCCCC. The number of allylic oxidation sites excluding steroid dienone is 1. The van der Waals surface area contributed by atoms with Gasteiger partial charge in [0.05, 0.1) is 39.9 Å². The molecule has 0 saturated carbocycles. The maximum Gasteiger partial charge on any atom is 0.268 e. The van der Waals surface area contributed by atoms with Crippen molar-refractivity contribution in [2.75, 3.05) is 40.9 Å². The fourth-order valence-electron chi connectivity index (χ4n) is 5.03. The van der Waals surface area contributed by atoms with Gasteiger partial charge in [0.1, 0.15) is 13.2 Å². The first-order chi connectivity index (χ1) is 21.0. The molecule has 8 nitrogen and oxygen atoms in total. The predicted molar refractivity (Wildman–Crippen MR) is 182 cm³/mol. The summed E-state index contributed by atoms with van der Waals surface area (Å²) in [5.74, 6) is -0.202. The van der Waals surface area contributed by atoms with Crippen molar-refractivity contribution < 1.29 is 32.9 Å². The summed E-state index contributed by atoms with van der Waals surface area (Å²) in [7, 11) is 1.26. The van der Waals surface area contributed by atoms with E-state index in [4.69, 9.17) is 9.05 Å². The van der Waals surface area contributed by atoms with Crippen LogP contribution in [-0.2, 0) is 18.4 Å². The monoisotopic (exact) mass is 647 g/mol. The molecule has 1 amide bonds. The lowest BCUT2D eigenvalue weighted by molar-refractivity contribution is -0.870. The van der Waals surface area contributed by atoms with Crippen LogP contribution in [0.2, 0.25) is 0 Å². The summed E-state index contributed by atoms with van der Waals surface area (Å²) in [6, 6.07) is -0.876. The Bertz CT molecular complexity index is 743. The number of carbonyl (C=O) groups excluding carboxylic acids is 1. The number of amides is 1. The first-order valence-electron chi connectivity index (χ1n) is 18.1. The second-order valence-electron chi connectivity index (χ2n) is 13.6. The number of likely N-dealkylation sites (N-methyl/N-ethyl adjacent to an activating group) is 1. The van der Waals surface area contributed by atoms with Crippen LogP contribution in [0, 0.1) is 0 Å². The summed E-state index contributed by atoms with van der Waals surface area (Å²) in [6.45, 7) is 4.60. The molecule has 262 valence electrons. The highest BCUT2D eigenvalue weighted by Crippen LogP contribution is 2.38. The van der Waals surface area contributed by atoms with Crippen LogP contribution >= 0.6 is 7.82 Å². The van der Waals surface area contributed by atoms with Gasteiger partial charge in [-0.15, -0.1) is 0 Å². The summed E-state index contributed by atoms with van der Waals surface area (Å²) in [4.78, 5) is 25.0. The molecule has 0 aliphatic heterocycles. The van der Waals surface area contributed by atoms with Crippen LogP contribution in [0.1, 0.15) is 155 Å². The van der Waals surface area contributed by atoms with Gasteiger partial charge in [0, 0.05) is 6.42 Å². The molecule has 0 bridgehead atoms. The standard InChI is InChI=1S/C35H71N2O6P/c1-6-8-10-12-14-16-18-19-20-22-24-26-28-34(38)33(32-43-44(40,41)42-31-30-37(3,4)5)36-35(39)29-27-25-23-21-17-15-13-11-9-7-2/h26,28,33-34,38H,6-25,27,29-32H2,1-5H3,(H-,36,39,40,41)/b28-26+/t33-,34+/m0/s1. The summed E-state index contributed by atoms with van der Waals surface area (Å²) >= 11 is 0. The lowest BCUT2D eigenvalue weighted by Gasteiger charge is -2.29. The zero-order chi connectivity index (χ0) is 32.9. The fraction of sp³-hybridized carbons (Fsp3) is 0.914. The average molecular weight is 647 g/mol. The maximum absolute atomic E-state index is 12.7. The number of nitrogens with zero attached hydrogens (tertiary/aromatic N) is 1. The van der Waals surface area contributed by atoms with Gasteiger partial charge in [0.2, 0.25) is 5.91 Å². The van der Waals surface area contributed by atoms with Crippen molar-refractivity contribution in [3.63, 3.8) is 0 Å². The molecule has 44 heavy (non-hydrogen) atoms. The summed E-state index contributed by atoms with van der Waals surface area (Å²) < 4.78 is 23.0. The summed E-state index contributed by atoms with van der Waals surface area (Å²) in [5, 5.41) is 13.6. The van der Waals surface area contributed by atoms with Crippen molar-refractivity contribution in [2.24, 2.45) is 0 Å². The smallest absolute Gasteiger partial charge is 0.268 e. The number of nitrogens with one attached hydrogen (secondary N) is 1. The van der Waals surface area contributed by atoms with Crippen LogP contribution in [0.5, 0.6) is 0 Å². The van der Waals surface area contributed by atoms with E-state index < -0.39 is 20.0 Å². The van der Waals surface area contributed by atoms with Crippen LogP contribution in [0.3, 0.4) is 0 Å². The first kappa shape index (κ1) is 43.2. The lowest BCUT2D eigenvalue weighted by Crippen LogP contribution is -2.45. The Morgan fingerprint density at radius 1 is 0.773 bits per heavy atom. The lowest BCUT2D eigenvalue weighted by atomic mass is 10.0. The van der Waals surface area contributed by atoms with Gasteiger partial charge in [0.25, 0.3) is 7.82 Å². The molecule has 0 aliphatic rings. The van der Waals surface area contributed by atoms with E-state index in [0.717, 1.165) is 38.5 Å². The highest BCUT2D eigenvalue weighted by molar-refractivity contribution is 7.45. The van der Waals surface area contributed by atoms with E-state index >= 15 is 0 Å². The van der Waals surface area contributed by atoms with Crippen LogP contribution in [0.4, 0.5) is 0 Å². The molecule has 0 aliphatic carbocycles. The van der Waals surface area contributed by atoms with Crippen molar-refractivity contribution in [3.05, 3.63) is 12.2 Å². The first-order valence-corrected chi connectivity index (χ1v) is 19.5. The van der Waals surface area contributed by atoms with E-state index in [1.165, 1.54) is 96.3 Å². The molecule has 0 fully saturated rings. The second-order valence-corrected chi connectivity index (χ2v) is 15.0. The number of hydrogen-bond donors (Lipinski definition) is 2. The zero-order valence-corrected chi connectivity index (χ0v) is 30.3. The Balaban J connectivity index is 4.59. The van der Waals surface area contributed by atoms with Crippen molar-refractivity contribution in [2.45, 2.75) is 167 Å². The number of aliphatic hydroxyl groups excluding tert-OH is 1. The molecule has 0 spiro atoms. The zero-order valence-electron chi connectivity index (χ0n) is 29.4. The van der Waals surface area contributed by atoms with Crippen LogP contribution < -0.4 is 10.2 Å². The van der Waals surface area contributed by atoms with E-state index in [2.05, 4.69) is 19.2 Å². The van der Waals surface area contributed by atoms with Crippen LogP contribution in [0.25, 0.3) is 0 Å². The Kier molecular flexibility index (Phi) is 28.0. The minimum atomic E-state index is -4.57. The molecule has 2 N–H and O–H groups in total. The molecule has 0 radical (unpaired) electrons. The number of rotatable bonds is 32. The Morgan fingerprint density at radius 3 is 1.70 bits per heavy atom. The molecular formula is C35H71N2O6P. The molecule has 3 atom stereocenters. The highest BCUT2D eigenvalue weighted by atomic mass is 31.2. The number of aliphatic hydroxyl groups is 1. The van der Waals surface area contributed by atoms with E-state index in [0.29, 0.717) is 17.4 Å². The summed E-state index contributed by atoms with van der Waals surface area (Å²) in [6.07, 6.45) is 28.2. The van der Waals surface area contributed by atoms with E-state index in [9.17, 15) is 19.4 Å². The summed E-state index contributed by atoms with van der Waals surface area (Å²) in [5.41, 5.74) is 0.